The predicted octanol–water partition coefficient (Wildman–Crippen LogP) is 11.2. The third-order valence-corrected chi connectivity index (χ3v) is 15.8. The number of amides is 1. The van der Waals surface area contributed by atoms with E-state index in [1.807, 2.05) is 0 Å². The van der Waals surface area contributed by atoms with Crippen LogP contribution in [0.1, 0.15) is 194 Å². The first-order chi connectivity index (χ1) is 48.7. The lowest BCUT2D eigenvalue weighted by Crippen LogP contribution is -2.30. The third-order valence-electron chi connectivity index (χ3n) is 14.8. The molecular weight excluding hydrogens is 1310 g/mol. The highest BCUT2D eigenvalue weighted by Crippen LogP contribution is 2.43. The van der Waals surface area contributed by atoms with Crippen molar-refractivity contribution in [1.29, 1.82) is 0 Å². The van der Waals surface area contributed by atoms with Crippen molar-refractivity contribution in [2.24, 2.45) is 0 Å². The number of nitrogens with one attached hydrogen (secondary N) is 1. The first-order valence-corrected chi connectivity index (χ1v) is 39.3. The maximum absolute atomic E-state index is 12.9. The van der Waals surface area contributed by atoms with E-state index in [-0.39, 0.29) is 52.4 Å². The van der Waals surface area contributed by atoms with Crippen molar-refractivity contribution < 1.29 is 123 Å². The third kappa shape index (κ3) is 82.8. The Labute approximate surface area is 596 Å². The predicted molar refractivity (Wildman–Crippen MR) is 377 cm³/mol. The number of ether oxygens (including phenoxy) is 19. The Balaban J connectivity index is 3.83. The van der Waals surface area contributed by atoms with Gasteiger partial charge < -0.3 is 100 Å². The van der Waals surface area contributed by atoms with Crippen LogP contribution in [0.2, 0.25) is 0 Å². The van der Waals surface area contributed by atoms with Gasteiger partial charge in [0.1, 0.15) is 13.2 Å². The number of esters is 2. The average molecular weight is 1450 g/mol. The van der Waals surface area contributed by atoms with Crippen molar-refractivity contribution in [3.63, 3.8) is 0 Å². The van der Waals surface area contributed by atoms with Crippen LogP contribution < -0.4 is 5.32 Å². The molecule has 0 aromatic heterocycles. The molecule has 2 atom stereocenters. The second-order valence-electron chi connectivity index (χ2n) is 23.6. The minimum Gasteiger partial charge on any atom is -0.462 e. The fourth-order valence-electron chi connectivity index (χ4n) is 9.29. The van der Waals surface area contributed by atoms with E-state index in [1.54, 1.807) is 7.11 Å². The molecule has 0 aromatic rings. The lowest BCUT2D eigenvalue weighted by Gasteiger charge is -2.20. The molecule has 1 unspecified atom stereocenters. The SMILES string of the molecule is CCCCCCCCCCCCCCCC(=O)OC[C@H](COP(=O)(O)OCCNC(=O)OCCOCCOCCOCCOCCOCCOCCOCCOCCOCCOCCOCCOCCOCCOCCOCCOC)OC(=O)CCCCCCCCCCCCCCC. The van der Waals surface area contributed by atoms with Gasteiger partial charge in [-0.2, -0.15) is 0 Å². The molecule has 0 radical (unpaired) electrons. The normalized spacial score (nSPS) is 12.5. The van der Waals surface area contributed by atoms with E-state index in [0.29, 0.717) is 204 Å². The molecular formula is C71H140NO26P. The minimum absolute atomic E-state index is 0.0351. The van der Waals surface area contributed by atoms with E-state index in [9.17, 15) is 23.8 Å². The summed E-state index contributed by atoms with van der Waals surface area (Å²) in [6.07, 6.45) is 29.3. The summed E-state index contributed by atoms with van der Waals surface area (Å²) in [7, 11) is -3.01. The van der Waals surface area contributed by atoms with Gasteiger partial charge in [0.15, 0.2) is 6.10 Å². The number of hydrogen-bond acceptors (Lipinski definition) is 25. The molecule has 0 saturated heterocycles. The van der Waals surface area contributed by atoms with E-state index in [2.05, 4.69) is 19.2 Å². The molecule has 0 bridgehead atoms. The first kappa shape index (κ1) is 96.7. The quantitative estimate of drug-likeness (QED) is 0.0247. The van der Waals surface area contributed by atoms with Gasteiger partial charge >= 0.3 is 25.9 Å². The van der Waals surface area contributed by atoms with E-state index < -0.39 is 38.6 Å². The summed E-state index contributed by atoms with van der Waals surface area (Å²) in [6, 6.07) is 0. The fraction of sp³-hybridized carbons (Fsp3) is 0.958. The summed E-state index contributed by atoms with van der Waals surface area (Å²) in [6.45, 7) is 17.1. The highest BCUT2D eigenvalue weighted by Gasteiger charge is 2.26. The van der Waals surface area contributed by atoms with Gasteiger partial charge in [0.25, 0.3) is 0 Å². The van der Waals surface area contributed by atoms with Crippen LogP contribution in [0.15, 0.2) is 0 Å². The Hall–Kier alpha value is -2.32. The number of carbonyl (C=O) groups is 3. The molecule has 0 aliphatic carbocycles. The van der Waals surface area contributed by atoms with Gasteiger partial charge in [-0.1, -0.05) is 168 Å². The summed E-state index contributed by atoms with van der Waals surface area (Å²) < 4.78 is 126. The summed E-state index contributed by atoms with van der Waals surface area (Å²) in [4.78, 5) is 48.1. The molecule has 0 aliphatic rings. The molecule has 0 fully saturated rings. The highest BCUT2D eigenvalue weighted by atomic mass is 31.2. The summed E-state index contributed by atoms with van der Waals surface area (Å²) in [5.41, 5.74) is 0. The van der Waals surface area contributed by atoms with Crippen molar-refractivity contribution in [2.45, 2.75) is 200 Å². The van der Waals surface area contributed by atoms with Crippen LogP contribution in [0.3, 0.4) is 0 Å². The molecule has 2 N–H and O–H groups in total. The van der Waals surface area contributed by atoms with Crippen LogP contribution in [0.4, 0.5) is 4.79 Å². The standard InChI is InChI=1S/C71H140NO26P/c1-4-6-8-10-12-14-16-18-20-22-24-26-28-30-69(73)95-66-68(98-70(74)31-29-27-25-23-21-19-17-15-13-11-9-7-5-2)67-97-99(76,77)96-33-32-72-71(75)94-65-64-93-63-62-92-61-60-91-59-58-90-57-56-89-55-54-88-53-52-87-51-50-86-49-48-85-47-46-84-45-44-83-43-42-82-41-40-81-39-38-80-37-36-79-35-34-78-3/h68H,4-67H2,1-3H3,(H,72,75)(H,76,77)/t68-/m1/s1. The van der Waals surface area contributed by atoms with Gasteiger partial charge in [-0.3, -0.25) is 18.6 Å². The molecule has 1 amide bonds. The molecule has 27 nitrogen and oxygen atoms in total. The Bertz CT molecular complexity index is 1690. The molecule has 0 spiro atoms. The van der Waals surface area contributed by atoms with Gasteiger partial charge in [0.2, 0.25) is 0 Å². The van der Waals surface area contributed by atoms with Gasteiger partial charge in [-0.25, -0.2) is 9.36 Å². The second kappa shape index (κ2) is 83.0. The van der Waals surface area contributed by atoms with Crippen LogP contribution in [0.25, 0.3) is 0 Å². The minimum atomic E-state index is -4.65. The number of alkyl carbamates (subject to hydrolysis) is 1. The largest absolute Gasteiger partial charge is 0.472 e. The lowest BCUT2D eigenvalue weighted by molar-refractivity contribution is -0.161. The van der Waals surface area contributed by atoms with Crippen LogP contribution in [0, 0.1) is 0 Å². The molecule has 0 saturated carbocycles. The zero-order valence-electron chi connectivity index (χ0n) is 61.9. The first-order valence-electron chi connectivity index (χ1n) is 37.8. The zero-order chi connectivity index (χ0) is 71.6. The van der Waals surface area contributed by atoms with E-state index >= 15 is 0 Å². The van der Waals surface area contributed by atoms with Crippen molar-refractivity contribution in [2.75, 3.05) is 245 Å². The van der Waals surface area contributed by atoms with E-state index in [0.717, 1.165) is 38.5 Å². The van der Waals surface area contributed by atoms with E-state index in [4.69, 9.17) is 99.0 Å². The van der Waals surface area contributed by atoms with Crippen LogP contribution >= 0.6 is 7.82 Å². The number of carbonyl (C=O) groups excluding carboxylic acids is 3. The number of hydrogen-bond donors (Lipinski definition) is 2. The molecule has 99 heavy (non-hydrogen) atoms. The maximum atomic E-state index is 12.9. The van der Waals surface area contributed by atoms with E-state index in [1.165, 1.54) is 116 Å². The maximum Gasteiger partial charge on any atom is 0.472 e. The second-order valence-corrected chi connectivity index (χ2v) is 25.1. The Morgan fingerprint density at radius 3 is 0.838 bits per heavy atom. The van der Waals surface area contributed by atoms with Crippen molar-refractivity contribution in [3.05, 3.63) is 0 Å². The molecule has 0 aliphatic heterocycles. The summed E-state index contributed by atoms with van der Waals surface area (Å²) in [5, 5.41) is 2.43. The Morgan fingerprint density at radius 2 is 0.556 bits per heavy atom. The van der Waals surface area contributed by atoms with Crippen LogP contribution in [0.5, 0.6) is 0 Å². The van der Waals surface area contributed by atoms with Gasteiger partial charge in [-0.05, 0) is 12.8 Å². The Kier molecular flexibility index (Phi) is 81.0. The number of unbranched alkanes of at least 4 members (excludes halogenated alkanes) is 24. The number of rotatable bonds is 86. The summed E-state index contributed by atoms with van der Waals surface area (Å²) in [5.74, 6) is -0.936. The van der Waals surface area contributed by atoms with Gasteiger partial charge in [0, 0.05) is 26.5 Å². The molecule has 590 valence electrons. The molecule has 0 aromatic carbocycles. The van der Waals surface area contributed by atoms with Crippen molar-refractivity contribution in [1.82, 2.24) is 5.32 Å². The highest BCUT2D eigenvalue weighted by molar-refractivity contribution is 7.47. The molecule has 28 heteroatoms. The topological polar surface area (TPSA) is 294 Å². The number of methoxy groups -OCH3 is 1. The van der Waals surface area contributed by atoms with Crippen molar-refractivity contribution in [3.8, 4) is 0 Å². The Morgan fingerprint density at radius 1 is 0.303 bits per heavy atom. The lowest BCUT2D eigenvalue weighted by atomic mass is 10.0. The summed E-state index contributed by atoms with van der Waals surface area (Å²) >= 11 is 0. The van der Waals surface area contributed by atoms with Crippen LogP contribution in [-0.2, 0) is 113 Å². The zero-order valence-corrected chi connectivity index (χ0v) is 62.8. The average Bonchev–Trinajstić information content (AvgIpc) is 2.08. The van der Waals surface area contributed by atoms with Crippen LogP contribution in [-0.4, -0.2) is 274 Å². The fourth-order valence-corrected chi connectivity index (χ4v) is 10.0. The van der Waals surface area contributed by atoms with Crippen molar-refractivity contribution >= 4 is 25.9 Å². The molecule has 0 rings (SSSR count). The smallest absolute Gasteiger partial charge is 0.462 e. The molecule has 0 heterocycles. The van der Waals surface area contributed by atoms with Gasteiger partial charge in [0.05, 0.1) is 218 Å². The monoisotopic (exact) mass is 1450 g/mol. The van der Waals surface area contributed by atoms with Gasteiger partial charge in [-0.15, -0.1) is 0 Å². The number of phosphoric ester groups is 1. The number of phosphoric acid groups is 1.